The predicted molar refractivity (Wildman–Crippen MR) is 142 cm³/mol. The van der Waals surface area contributed by atoms with Crippen LogP contribution in [0, 0.1) is 29.6 Å². The zero-order valence-electron chi connectivity index (χ0n) is 21.9. The number of ether oxygens (including phenoxy) is 1. The minimum absolute atomic E-state index is 0.101. The van der Waals surface area contributed by atoms with Crippen LogP contribution in [0.5, 0.6) is 0 Å². The predicted octanol–water partition coefficient (Wildman–Crippen LogP) is 3.01. The Morgan fingerprint density at radius 2 is 2.05 bits per heavy atom. The summed E-state index contributed by atoms with van der Waals surface area (Å²) in [5.41, 5.74) is 8.60. The normalized spacial score (nSPS) is 21.8. The highest BCUT2D eigenvalue weighted by Gasteiger charge is 2.54. The van der Waals surface area contributed by atoms with Crippen molar-refractivity contribution in [3.63, 3.8) is 0 Å². The SMILES string of the molecule is CCOC(=O)CCCN1C[C@@H]2C(C#Cc3ccc(-c4cc([C@@H](CN)n5ccnc5[C@H](C)O)no4)cc3)[C@@H]2C1. The van der Waals surface area contributed by atoms with Crippen LogP contribution in [0.3, 0.4) is 0 Å². The summed E-state index contributed by atoms with van der Waals surface area (Å²) in [7, 11) is 0. The Morgan fingerprint density at radius 1 is 1.29 bits per heavy atom. The highest BCUT2D eigenvalue weighted by Crippen LogP contribution is 2.51. The Morgan fingerprint density at radius 3 is 2.74 bits per heavy atom. The van der Waals surface area contributed by atoms with E-state index in [4.69, 9.17) is 15.0 Å². The first-order valence-corrected chi connectivity index (χ1v) is 13.4. The van der Waals surface area contributed by atoms with Gasteiger partial charge in [0, 0.05) is 61.6 Å². The topological polar surface area (TPSA) is 120 Å². The highest BCUT2D eigenvalue weighted by molar-refractivity contribution is 5.69. The fourth-order valence-corrected chi connectivity index (χ4v) is 5.45. The molecule has 1 saturated carbocycles. The number of piperidine rings is 1. The number of nitrogens with two attached hydrogens (primary N) is 1. The van der Waals surface area contributed by atoms with Gasteiger partial charge in [-0.2, -0.15) is 0 Å². The van der Waals surface area contributed by atoms with E-state index in [1.165, 1.54) is 0 Å². The van der Waals surface area contributed by atoms with Crippen molar-refractivity contribution in [2.24, 2.45) is 23.5 Å². The van der Waals surface area contributed by atoms with E-state index in [0.29, 0.717) is 54.6 Å². The maximum atomic E-state index is 11.5. The van der Waals surface area contributed by atoms with Gasteiger partial charge in [-0.1, -0.05) is 17.0 Å². The van der Waals surface area contributed by atoms with Crippen molar-refractivity contribution in [1.29, 1.82) is 0 Å². The maximum Gasteiger partial charge on any atom is 0.305 e. The van der Waals surface area contributed by atoms with E-state index in [2.05, 4.69) is 26.9 Å². The fourth-order valence-electron chi connectivity index (χ4n) is 5.45. The highest BCUT2D eigenvalue weighted by atomic mass is 16.5. The molecule has 0 bridgehead atoms. The van der Waals surface area contributed by atoms with Gasteiger partial charge in [-0.3, -0.25) is 4.79 Å². The van der Waals surface area contributed by atoms with Crippen LogP contribution in [-0.4, -0.2) is 63.5 Å². The Balaban J connectivity index is 1.14. The van der Waals surface area contributed by atoms with Crippen molar-refractivity contribution in [3.05, 3.63) is 59.8 Å². The minimum atomic E-state index is -0.712. The lowest BCUT2D eigenvalue weighted by molar-refractivity contribution is -0.143. The Hall–Kier alpha value is -3.45. The van der Waals surface area contributed by atoms with Crippen molar-refractivity contribution in [3.8, 4) is 23.2 Å². The van der Waals surface area contributed by atoms with Crippen LogP contribution in [0.2, 0.25) is 0 Å². The van der Waals surface area contributed by atoms with E-state index in [0.717, 1.165) is 37.2 Å². The number of aliphatic hydroxyl groups is 1. The van der Waals surface area contributed by atoms with Crippen LogP contribution in [0.4, 0.5) is 0 Å². The molecule has 1 saturated heterocycles. The lowest BCUT2D eigenvalue weighted by atomic mass is 10.1. The molecule has 9 heteroatoms. The number of hydrogen-bond acceptors (Lipinski definition) is 8. The molecule has 1 aliphatic carbocycles. The van der Waals surface area contributed by atoms with Gasteiger partial charge in [0.2, 0.25) is 0 Å². The zero-order valence-corrected chi connectivity index (χ0v) is 21.9. The van der Waals surface area contributed by atoms with Crippen molar-refractivity contribution >= 4 is 5.97 Å². The molecule has 1 unspecified atom stereocenters. The smallest absolute Gasteiger partial charge is 0.305 e. The molecule has 2 fully saturated rings. The van der Waals surface area contributed by atoms with Gasteiger partial charge in [-0.15, -0.1) is 0 Å². The summed E-state index contributed by atoms with van der Waals surface area (Å²) in [6.45, 7) is 7.35. The summed E-state index contributed by atoms with van der Waals surface area (Å²) in [5, 5.41) is 14.2. The average molecular weight is 518 g/mol. The van der Waals surface area contributed by atoms with Crippen molar-refractivity contribution < 1.29 is 19.2 Å². The second-order valence-electron chi connectivity index (χ2n) is 10.1. The lowest BCUT2D eigenvalue weighted by Gasteiger charge is -2.17. The second kappa shape index (κ2) is 11.5. The Bertz CT molecular complexity index is 1290. The first-order valence-electron chi connectivity index (χ1n) is 13.4. The number of benzene rings is 1. The second-order valence-corrected chi connectivity index (χ2v) is 10.1. The van der Waals surface area contributed by atoms with E-state index < -0.39 is 6.10 Å². The molecule has 5 atom stereocenters. The largest absolute Gasteiger partial charge is 0.466 e. The first kappa shape index (κ1) is 26.2. The molecule has 3 aromatic rings. The van der Waals surface area contributed by atoms with Gasteiger partial charge in [-0.25, -0.2) is 4.98 Å². The third-order valence-electron chi connectivity index (χ3n) is 7.48. The summed E-state index contributed by atoms with van der Waals surface area (Å²) < 4.78 is 12.5. The van der Waals surface area contributed by atoms with Gasteiger partial charge < -0.3 is 29.6 Å². The molecule has 9 nitrogen and oxygen atoms in total. The van der Waals surface area contributed by atoms with Crippen LogP contribution in [0.15, 0.2) is 47.2 Å². The number of fused-ring (bicyclic) bond motifs is 1. The molecule has 0 amide bonds. The molecule has 0 radical (unpaired) electrons. The van der Waals surface area contributed by atoms with E-state index in [-0.39, 0.29) is 12.0 Å². The molecular weight excluding hydrogens is 482 g/mol. The third kappa shape index (κ3) is 5.68. The maximum absolute atomic E-state index is 11.5. The molecule has 5 rings (SSSR count). The van der Waals surface area contributed by atoms with E-state index in [9.17, 15) is 9.90 Å². The first-order chi connectivity index (χ1) is 18.5. The van der Waals surface area contributed by atoms with Gasteiger partial charge in [0.15, 0.2) is 5.76 Å². The molecule has 38 heavy (non-hydrogen) atoms. The lowest BCUT2D eigenvalue weighted by Crippen LogP contribution is -2.26. The molecule has 3 N–H and O–H groups in total. The van der Waals surface area contributed by atoms with E-state index >= 15 is 0 Å². The van der Waals surface area contributed by atoms with Gasteiger partial charge in [0.1, 0.15) is 17.6 Å². The summed E-state index contributed by atoms with van der Waals surface area (Å²) >= 11 is 0. The summed E-state index contributed by atoms with van der Waals surface area (Å²) in [6, 6.07) is 9.59. The van der Waals surface area contributed by atoms with Crippen LogP contribution in [0.25, 0.3) is 11.3 Å². The summed E-state index contributed by atoms with van der Waals surface area (Å²) in [4.78, 5) is 18.2. The van der Waals surface area contributed by atoms with Crippen molar-refractivity contribution in [2.45, 2.75) is 38.8 Å². The summed E-state index contributed by atoms with van der Waals surface area (Å²) in [6.07, 6.45) is 4.07. The standard InChI is InChI=1S/C29H35N5O4/c1-3-37-28(36)5-4-13-33-17-23-22(24(23)18-33)11-8-20-6-9-21(10-7-20)27-15-25(32-38-27)26(16-30)34-14-12-31-29(34)19(2)35/h6-7,9-10,12,14-15,19,22-24,26,35H,3-5,13,16-18,30H2,1-2H3/t19-,22?,23-,24+,26+/m0/s1. The number of esters is 1. The number of likely N-dealkylation sites (tertiary alicyclic amines) is 1. The Kier molecular flexibility index (Phi) is 7.93. The van der Waals surface area contributed by atoms with Crippen LogP contribution in [-0.2, 0) is 9.53 Å². The number of nitrogens with zero attached hydrogens (tertiary/aromatic N) is 4. The Labute approximate surface area is 223 Å². The molecular formula is C29H35N5O4. The molecule has 1 aromatic carbocycles. The number of rotatable bonds is 10. The minimum Gasteiger partial charge on any atom is -0.466 e. The average Bonchev–Trinajstić information content (AvgIpc) is 3.41. The quantitative estimate of drug-likeness (QED) is 0.311. The number of hydrogen-bond donors (Lipinski definition) is 2. The van der Waals surface area contributed by atoms with Crippen LogP contribution < -0.4 is 5.73 Å². The fraction of sp³-hybridized carbons (Fsp3) is 0.483. The van der Waals surface area contributed by atoms with Crippen LogP contribution in [0.1, 0.15) is 55.9 Å². The monoisotopic (exact) mass is 517 g/mol. The van der Waals surface area contributed by atoms with Gasteiger partial charge in [0.25, 0.3) is 0 Å². The number of aliphatic hydroxyl groups excluding tert-OH is 1. The molecule has 2 aliphatic rings. The van der Waals surface area contributed by atoms with Crippen molar-refractivity contribution in [2.75, 3.05) is 32.8 Å². The van der Waals surface area contributed by atoms with Gasteiger partial charge in [0.05, 0.1) is 12.6 Å². The van der Waals surface area contributed by atoms with E-state index in [1.807, 2.05) is 41.8 Å². The van der Waals surface area contributed by atoms with Gasteiger partial charge >= 0.3 is 5.97 Å². The molecule has 3 heterocycles. The molecule has 200 valence electrons. The number of imidazole rings is 1. The third-order valence-corrected chi connectivity index (χ3v) is 7.48. The van der Waals surface area contributed by atoms with Crippen molar-refractivity contribution in [1.82, 2.24) is 19.6 Å². The van der Waals surface area contributed by atoms with Crippen LogP contribution >= 0.6 is 0 Å². The number of carbonyl (C=O) groups is 1. The zero-order chi connectivity index (χ0) is 26.6. The molecule has 1 aliphatic heterocycles. The molecule has 0 spiro atoms. The van der Waals surface area contributed by atoms with Gasteiger partial charge in [-0.05, 0) is 62.9 Å². The number of aromatic nitrogens is 3. The van der Waals surface area contributed by atoms with E-state index in [1.54, 1.807) is 19.3 Å². The number of carbonyl (C=O) groups excluding carboxylic acids is 1. The molecule has 2 aromatic heterocycles. The summed E-state index contributed by atoms with van der Waals surface area (Å²) in [5.74, 6) is 9.67.